The Kier molecular flexibility index (Phi) is 16.0. The summed E-state index contributed by atoms with van der Waals surface area (Å²) >= 11 is 0. The van der Waals surface area contributed by atoms with Gasteiger partial charge in [-0.05, 0) is 60.5 Å². The summed E-state index contributed by atoms with van der Waals surface area (Å²) in [5, 5.41) is 0. The zero-order chi connectivity index (χ0) is 25.5. The number of nitrogens with zero attached hydrogens (tertiary/aromatic N) is 1. The quantitative estimate of drug-likeness (QED) is 0.163. The average Bonchev–Trinajstić information content (AvgIpc) is 3.43. The molecule has 0 spiro atoms. The number of hydrogen-bond acceptors (Lipinski definition) is 1. The van der Waals surface area contributed by atoms with Crippen LogP contribution in [0.5, 0.6) is 0 Å². The Hall–Kier alpha value is -1.66. The molecule has 3 atom stereocenters. The van der Waals surface area contributed by atoms with E-state index in [2.05, 4.69) is 108 Å². The van der Waals surface area contributed by atoms with Crippen molar-refractivity contribution in [3.63, 3.8) is 0 Å². The van der Waals surface area contributed by atoms with Crippen molar-refractivity contribution in [2.45, 2.75) is 84.2 Å². The molecule has 1 aliphatic carbocycles. The van der Waals surface area contributed by atoms with Crippen molar-refractivity contribution in [1.29, 1.82) is 0 Å². The van der Waals surface area contributed by atoms with Crippen LogP contribution in [0.25, 0.3) is 12.2 Å². The van der Waals surface area contributed by atoms with Crippen LogP contribution >= 0.6 is 7.05 Å². The molecule has 0 amide bonds. The van der Waals surface area contributed by atoms with E-state index in [1.807, 2.05) is 36.4 Å². The molecule has 192 valence electrons. The molecule has 0 aromatic heterocycles. The molecule has 2 aromatic carbocycles. The van der Waals surface area contributed by atoms with Gasteiger partial charge in [0.25, 0.3) is 0 Å². The molecule has 1 nitrogen and oxygen atoms in total. The number of rotatable bonds is 10. The van der Waals surface area contributed by atoms with Crippen LogP contribution in [0.1, 0.15) is 78.4 Å². The molecule has 3 rings (SSSR count). The predicted molar refractivity (Wildman–Crippen MR) is 161 cm³/mol. The first-order valence-corrected chi connectivity index (χ1v) is 15.3. The van der Waals surface area contributed by atoms with Crippen LogP contribution in [0.15, 0.2) is 101 Å². The van der Waals surface area contributed by atoms with E-state index in [9.17, 15) is 0 Å². The van der Waals surface area contributed by atoms with Crippen LogP contribution < -0.4 is 0 Å². The van der Waals surface area contributed by atoms with Gasteiger partial charge >= 0.3 is 0 Å². The SMILES string of the molecule is C(C=Cc1ccccc1)=Cc1ccccc1.CCC(C)P(=NC1=CC=CC1)(C(C)CC)C(C)CC.[Ti]. The third-order valence-corrected chi connectivity index (χ3v) is 13.2. The van der Waals surface area contributed by atoms with Gasteiger partial charge in [-0.2, -0.15) is 0 Å². The van der Waals surface area contributed by atoms with Crippen LogP contribution in [-0.4, -0.2) is 17.0 Å². The summed E-state index contributed by atoms with van der Waals surface area (Å²) in [6, 6.07) is 20.6. The number of allylic oxidation sites excluding steroid dienone is 5. The summed E-state index contributed by atoms with van der Waals surface area (Å²) < 4.78 is 5.43. The van der Waals surface area contributed by atoms with Crippen LogP contribution in [0.2, 0.25) is 0 Å². The van der Waals surface area contributed by atoms with E-state index < -0.39 is 7.05 Å². The standard InChI is InChI=1S/C17H32NP.C16H14.Ti/c1-7-14(4)19(15(5)8-2,16(6)9-3)18-17-12-10-11-13-17;1-3-9-15(10-4-1)13-7-8-14-16-11-5-2-6-12-16;/h10-12,14-16H,7-9,13H2,1-6H3;1-14H;. The van der Waals surface area contributed by atoms with Crippen LogP contribution in [0, 0.1) is 0 Å². The summed E-state index contributed by atoms with van der Waals surface area (Å²) in [5.41, 5.74) is 6.02. The molecule has 0 radical (unpaired) electrons. The molecule has 2 aromatic rings. The Morgan fingerprint density at radius 2 is 1.14 bits per heavy atom. The largest absolute Gasteiger partial charge is 0.271 e. The molecule has 0 bridgehead atoms. The molecule has 3 unspecified atom stereocenters. The normalized spacial score (nSPS) is 16.9. The maximum atomic E-state index is 5.43. The minimum Gasteiger partial charge on any atom is -0.271 e. The van der Waals surface area contributed by atoms with Gasteiger partial charge in [-0.3, -0.25) is 4.74 Å². The molecule has 1 aliphatic rings. The molecule has 0 saturated heterocycles. The molecule has 0 fully saturated rings. The zero-order valence-electron chi connectivity index (χ0n) is 23.3. The monoisotopic (exact) mass is 535 g/mol. The van der Waals surface area contributed by atoms with Crippen LogP contribution in [0.3, 0.4) is 0 Å². The molecule has 0 N–H and O–H groups in total. The van der Waals surface area contributed by atoms with E-state index in [1.54, 1.807) is 0 Å². The summed E-state index contributed by atoms with van der Waals surface area (Å²) in [6.45, 7) is 14.3. The average molecular weight is 536 g/mol. The van der Waals surface area contributed by atoms with Gasteiger partial charge in [-0.15, -0.1) is 0 Å². The Labute approximate surface area is 236 Å². The van der Waals surface area contributed by atoms with E-state index in [1.165, 1.54) is 36.1 Å². The molecular weight excluding hydrogens is 489 g/mol. The Bertz CT molecular complexity index is 953. The first kappa shape index (κ1) is 32.4. The van der Waals surface area contributed by atoms with Crippen LogP contribution in [-0.2, 0) is 21.7 Å². The Morgan fingerprint density at radius 3 is 1.47 bits per heavy atom. The molecular formula is C33H46NPTi. The van der Waals surface area contributed by atoms with Gasteiger partial charge in [0.15, 0.2) is 0 Å². The Balaban J connectivity index is 0.000000354. The molecule has 0 heterocycles. The van der Waals surface area contributed by atoms with Crippen LogP contribution in [0.4, 0.5) is 0 Å². The zero-order valence-corrected chi connectivity index (χ0v) is 25.7. The minimum atomic E-state index is -1.30. The van der Waals surface area contributed by atoms with E-state index >= 15 is 0 Å². The van der Waals surface area contributed by atoms with E-state index in [0.717, 1.165) is 23.4 Å². The minimum absolute atomic E-state index is 0. The van der Waals surface area contributed by atoms with E-state index in [-0.39, 0.29) is 21.7 Å². The fourth-order valence-corrected chi connectivity index (χ4v) is 10.2. The maximum Gasteiger partial charge on any atom is 0.0425 e. The van der Waals surface area contributed by atoms with Crippen molar-refractivity contribution in [2.75, 3.05) is 0 Å². The van der Waals surface area contributed by atoms with Gasteiger partial charge in [-0.25, -0.2) is 0 Å². The smallest absolute Gasteiger partial charge is 0.0425 e. The van der Waals surface area contributed by atoms with Crippen molar-refractivity contribution in [3.05, 3.63) is 108 Å². The topological polar surface area (TPSA) is 12.4 Å². The Morgan fingerprint density at radius 1 is 0.722 bits per heavy atom. The second-order valence-electron chi connectivity index (χ2n) is 9.50. The van der Waals surface area contributed by atoms with Crippen molar-refractivity contribution < 1.29 is 21.7 Å². The van der Waals surface area contributed by atoms with E-state index in [0.29, 0.717) is 0 Å². The van der Waals surface area contributed by atoms with Crippen molar-refractivity contribution in [1.82, 2.24) is 0 Å². The molecule has 3 heteroatoms. The first-order valence-electron chi connectivity index (χ1n) is 13.4. The molecule has 0 aliphatic heterocycles. The van der Waals surface area contributed by atoms with Gasteiger partial charge in [0, 0.05) is 33.8 Å². The summed E-state index contributed by atoms with van der Waals surface area (Å²) in [4.78, 5) is 0. The molecule has 0 saturated carbocycles. The van der Waals surface area contributed by atoms with Crippen molar-refractivity contribution in [3.8, 4) is 0 Å². The van der Waals surface area contributed by atoms with Gasteiger partial charge in [-0.1, -0.05) is 139 Å². The van der Waals surface area contributed by atoms with Gasteiger partial charge in [0.2, 0.25) is 0 Å². The van der Waals surface area contributed by atoms with Crippen molar-refractivity contribution >= 4 is 19.2 Å². The predicted octanol–water partition coefficient (Wildman–Crippen LogP) is 10.8. The maximum absolute atomic E-state index is 5.43. The third kappa shape index (κ3) is 9.66. The third-order valence-electron chi connectivity index (χ3n) is 7.23. The fraction of sp³-hybridized carbons (Fsp3) is 0.394. The molecule has 36 heavy (non-hydrogen) atoms. The van der Waals surface area contributed by atoms with E-state index in [4.69, 9.17) is 4.74 Å². The van der Waals surface area contributed by atoms with Crippen molar-refractivity contribution in [2.24, 2.45) is 4.74 Å². The summed E-state index contributed by atoms with van der Waals surface area (Å²) in [5.74, 6) is 0. The van der Waals surface area contributed by atoms with Gasteiger partial charge in [0.05, 0.1) is 0 Å². The number of hydrogen-bond donors (Lipinski definition) is 0. The second kappa shape index (κ2) is 17.7. The second-order valence-corrected chi connectivity index (χ2v) is 13.9. The summed E-state index contributed by atoms with van der Waals surface area (Å²) in [6.07, 6.45) is 19.7. The summed E-state index contributed by atoms with van der Waals surface area (Å²) in [7, 11) is -1.30. The first-order chi connectivity index (χ1) is 17.0. The fourth-order valence-electron chi connectivity index (χ4n) is 4.67. The van der Waals surface area contributed by atoms with Gasteiger partial charge < -0.3 is 0 Å². The number of benzene rings is 2. The van der Waals surface area contributed by atoms with Gasteiger partial charge in [0.1, 0.15) is 0 Å².